The molecule has 1 amide bonds. The summed E-state index contributed by atoms with van der Waals surface area (Å²) in [7, 11) is 3.13. The zero-order valence-corrected chi connectivity index (χ0v) is 16.7. The van der Waals surface area contributed by atoms with Crippen molar-refractivity contribution >= 4 is 61.9 Å². The van der Waals surface area contributed by atoms with Gasteiger partial charge in [0.15, 0.2) is 4.32 Å². The second-order valence-corrected chi connectivity index (χ2v) is 7.70. The molecule has 0 atom stereocenters. The van der Waals surface area contributed by atoms with Gasteiger partial charge in [0, 0.05) is 10.5 Å². The van der Waals surface area contributed by atoms with Crippen molar-refractivity contribution in [2.45, 2.75) is 0 Å². The standard InChI is InChI=1S/C18H14BrNO3S2/c1-22-13-6-7-14(15(10-13)23-2)20-17(21)16(25-18(20)24)9-11-4-3-5-12(19)8-11/h3-10H,1-2H3. The second-order valence-electron chi connectivity index (χ2n) is 5.11. The molecule has 1 aliphatic rings. The maximum Gasteiger partial charge on any atom is 0.270 e. The van der Waals surface area contributed by atoms with Gasteiger partial charge in [0.05, 0.1) is 24.8 Å². The van der Waals surface area contributed by atoms with Crippen molar-refractivity contribution in [3.63, 3.8) is 0 Å². The Labute approximate surface area is 163 Å². The first-order valence-corrected chi connectivity index (χ1v) is 9.31. The molecule has 1 fully saturated rings. The molecule has 1 saturated heterocycles. The van der Waals surface area contributed by atoms with Gasteiger partial charge in [-0.2, -0.15) is 0 Å². The number of methoxy groups -OCH3 is 2. The molecule has 2 aromatic rings. The van der Waals surface area contributed by atoms with E-state index in [0.717, 1.165) is 10.0 Å². The van der Waals surface area contributed by atoms with Gasteiger partial charge >= 0.3 is 0 Å². The Kier molecular flexibility index (Phi) is 5.46. The number of thiocarbonyl (C=S) groups is 1. The first-order chi connectivity index (χ1) is 12.0. The van der Waals surface area contributed by atoms with Gasteiger partial charge in [-0.1, -0.05) is 52.0 Å². The molecular formula is C18H14BrNO3S2. The summed E-state index contributed by atoms with van der Waals surface area (Å²) in [6, 6.07) is 13.0. The highest BCUT2D eigenvalue weighted by atomic mass is 79.9. The van der Waals surface area contributed by atoms with Crippen molar-refractivity contribution < 1.29 is 14.3 Å². The summed E-state index contributed by atoms with van der Waals surface area (Å²) in [5, 5.41) is 0. The minimum absolute atomic E-state index is 0.168. The minimum atomic E-state index is -0.168. The minimum Gasteiger partial charge on any atom is -0.497 e. The fourth-order valence-corrected chi connectivity index (χ4v) is 4.09. The first kappa shape index (κ1) is 18.0. The predicted molar refractivity (Wildman–Crippen MR) is 109 cm³/mol. The number of thioether (sulfide) groups is 1. The number of carbonyl (C=O) groups is 1. The zero-order valence-electron chi connectivity index (χ0n) is 13.5. The lowest BCUT2D eigenvalue weighted by atomic mass is 10.2. The molecule has 0 aromatic heterocycles. The highest BCUT2D eigenvalue weighted by Crippen LogP contribution is 2.41. The molecule has 128 valence electrons. The van der Waals surface area contributed by atoms with Gasteiger partial charge in [-0.15, -0.1) is 0 Å². The van der Waals surface area contributed by atoms with E-state index < -0.39 is 0 Å². The average Bonchev–Trinajstić information content (AvgIpc) is 2.88. The van der Waals surface area contributed by atoms with Crippen LogP contribution in [0.2, 0.25) is 0 Å². The van der Waals surface area contributed by atoms with E-state index in [9.17, 15) is 4.79 Å². The number of ether oxygens (including phenoxy) is 2. The maximum absolute atomic E-state index is 12.9. The molecule has 4 nitrogen and oxygen atoms in total. The van der Waals surface area contributed by atoms with Crippen LogP contribution in [-0.2, 0) is 4.79 Å². The molecule has 0 spiro atoms. The molecule has 0 bridgehead atoms. The summed E-state index contributed by atoms with van der Waals surface area (Å²) >= 11 is 10.1. The lowest BCUT2D eigenvalue weighted by molar-refractivity contribution is -0.113. The van der Waals surface area contributed by atoms with Crippen molar-refractivity contribution in [1.82, 2.24) is 0 Å². The normalized spacial score (nSPS) is 15.8. The van der Waals surface area contributed by atoms with Crippen LogP contribution in [0.1, 0.15) is 5.56 Å². The van der Waals surface area contributed by atoms with Gasteiger partial charge in [-0.3, -0.25) is 9.69 Å². The van der Waals surface area contributed by atoms with Crippen LogP contribution in [0.5, 0.6) is 11.5 Å². The number of amides is 1. The smallest absolute Gasteiger partial charge is 0.270 e. The summed E-state index contributed by atoms with van der Waals surface area (Å²) in [6.45, 7) is 0. The van der Waals surface area contributed by atoms with Gasteiger partial charge in [0.1, 0.15) is 11.5 Å². The summed E-state index contributed by atoms with van der Waals surface area (Å²) in [6.07, 6.45) is 1.83. The van der Waals surface area contributed by atoms with E-state index in [-0.39, 0.29) is 5.91 Å². The van der Waals surface area contributed by atoms with Crippen LogP contribution in [0.15, 0.2) is 51.8 Å². The van der Waals surface area contributed by atoms with Gasteiger partial charge < -0.3 is 9.47 Å². The summed E-state index contributed by atoms with van der Waals surface area (Å²) in [5.41, 5.74) is 1.53. The number of benzene rings is 2. The molecular weight excluding hydrogens is 422 g/mol. The molecule has 0 radical (unpaired) electrons. The highest BCUT2D eigenvalue weighted by molar-refractivity contribution is 9.10. The van der Waals surface area contributed by atoms with Crippen LogP contribution in [0.4, 0.5) is 5.69 Å². The van der Waals surface area contributed by atoms with Gasteiger partial charge in [0.2, 0.25) is 0 Å². The van der Waals surface area contributed by atoms with Crippen LogP contribution >= 0.6 is 39.9 Å². The third-order valence-electron chi connectivity index (χ3n) is 3.57. The fraction of sp³-hybridized carbons (Fsp3) is 0.111. The lowest BCUT2D eigenvalue weighted by Crippen LogP contribution is -2.27. The third kappa shape index (κ3) is 3.73. The van der Waals surface area contributed by atoms with Crippen molar-refractivity contribution in [3.8, 4) is 11.5 Å². The van der Waals surface area contributed by atoms with Gasteiger partial charge in [-0.25, -0.2) is 0 Å². The largest absolute Gasteiger partial charge is 0.497 e. The van der Waals surface area contributed by atoms with E-state index in [2.05, 4.69) is 15.9 Å². The zero-order chi connectivity index (χ0) is 18.0. The SMILES string of the molecule is COc1ccc(N2C(=O)C(=Cc3cccc(Br)c3)SC2=S)c(OC)c1. The summed E-state index contributed by atoms with van der Waals surface area (Å²) < 4.78 is 12.0. The van der Waals surface area contributed by atoms with Gasteiger partial charge in [-0.05, 0) is 35.9 Å². The molecule has 25 heavy (non-hydrogen) atoms. The predicted octanol–water partition coefficient (Wildman–Crippen LogP) is 4.87. The Morgan fingerprint density at radius 2 is 1.96 bits per heavy atom. The second kappa shape index (κ2) is 7.59. The Hall–Kier alpha value is -1.83. The van der Waals surface area contributed by atoms with E-state index >= 15 is 0 Å². The number of hydrogen-bond donors (Lipinski definition) is 0. The van der Waals surface area contributed by atoms with Crippen LogP contribution in [0.3, 0.4) is 0 Å². The molecule has 3 rings (SSSR count). The Morgan fingerprint density at radius 1 is 1.16 bits per heavy atom. The molecule has 0 aliphatic carbocycles. The van der Waals surface area contributed by atoms with Crippen LogP contribution < -0.4 is 14.4 Å². The lowest BCUT2D eigenvalue weighted by Gasteiger charge is -2.18. The number of anilines is 1. The number of rotatable bonds is 4. The van der Waals surface area contributed by atoms with Crippen molar-refractivity contribution in [1.29, 1.82) is 0 Å². The van der Waals surface area contributed by atoms with E-state index in [0.29, 0.717) is 26.4 Å². The molecule has 2 aromatic carbocycles. The number of hydrogen-bond acceptors (Lipinski definition) is 5. The molecule has 7 heteroatoms. The van der Waals surface area contributed by atoms with Crippen molar-refractivity contribution in [3.05, 3.63) is 57.4 Å². The highest BCUT2D eigenvalue weighted by Gasteiger charge is 2.35. The summed E-state index contributed by atoms with van der Waals surface area (Å²) in [5.74, 6) is 1.01. The first-order valence-electron chi connectivity index (χ1n) is 7.29. The van der Waals surface area contributed by atoms with E-state index in [1.807, 2.05) is 30.3 Å². The Balaban J connectivity index is 1.97. The number of halogens is 1. The van der Waals surface area contributed by atoms with Crippen LogP contribution in [0, 0.1) is 0 Å². The van der Waals surface area contributed by atoms with Crippen LogP contribution in [-0.4, -0.2) is 24.4 Å². The molecule has 0 saturated carbocycles. The van der Waals surface area contributed by atoms with E-state index in [1.54, 1.807) is 32.4 Å². The monoisotopic (exact) mass is 435 g/mol. The average molecular weight is 436 g/mol. The van der Waals surface area contributed by atoms with Crippen molar-refractivity contribution in [2.75, 3.05) is 19.1 Å². The van der Waals surface area contributed by atoms with Crippen LogP contribution in [0.25, 0.3) is 6.08 Å². The summed E-state index contributed by atoms with van der Waals surface area (Å²) in [4.78, 5) is 14.9. The van der Waals surface area contributed by atoms with E-state index in [1.165, 1.54) is 16.7 Å². The number of nitrogens with zero attached hydrogens (tertiary/aromatic N) is 1. The molecule has 0 unspecified atom stereocenters. The maximum atomic E-state index is 12.9. The number of carbonyl (C=O) groups excluding carboxylic acids is 1. The van der Waals surface area contributed by atoms with E-state index in [4.69, 9.17) is 21.7 Å². The molecule has 1 heterocycles. The Morgan fingerprint density at radius 3 is 2.64 bits per heavy atom. The van der Waals surface area contributed by atoms with Crippen molar-refractivity contribution in [2.24, 2.45) is 0 Å². The fourth-order valence-electron chi connectivity index (χ4n) is 2.39. The third-order valence-corrected chi connectivity index (χ3v) is 5.36. The molecule has 0 N–H and O–H groups in total. The Bertz CT molecular complexity index is 882. The molecule has 1 aliphatic heterocycles. The van der Waals surface area contributed by atoms with Gasteiger partial charge in [0.25, 0.3) is 5.91 Å². The quantitative estimate of drug-likeness (QED) is 0.505. The topological polar surface area (TPSA) is 38.8 Å².